The third-order valence-corrected chi connectivity index (χ3v) is 3.74. The molecule has 0 spiro atoms. The van der Waals surface area contributed by atoms with E-state index in [-0.39, 0.29) is 0 Å². The SMILES string of the molecule is COc1cccc(NCCN2CCN(C)CC2)c1OC. The number of methoxy groups -OCH3 is 2. The van der Waals surface area contributed by atoms with Crippen LogP contribution in [0.1, 0.15) is 0 Å². The van der Waals surface area contributed by atoms with Gasteiger partial charge in [0.2, 0.25) is 0 Å². The van der Waals surface area contributed by atoms with Crippen molar-refractivity contribution in [1.82, 2.24) is 9.80 Å². The van der Waals surface area contributed by atoms with E-state index in [2.05, 4.69) is 22.2 Å². The molecule has 1 aromatic rings. The van der Waals surface area contributed by atoms with E-state index in [0.29, 0.717) is 0 Å². The third-order valence-electron chi connectivity index (χ3n) is 3.74. The van der Waals surface area contributed by atoms with Gasteiger partial charge in [-0.15, -0.1) is 0 Å². The van der Waals surface area contributed by atoms with Crippen LogP contribution in [-0.2, 0) is 0 Å². The summed E-state index contributed by atoms with van der Waals surface area (Å²) in [6.07, 6.45) is 0. The van der Waals surface area contributed by atoms with Gasteiger partial charge < -0.3 is 19.7 Å². The van der Waals surface area contributed by atoms with Crippen molar-refractivity contribution in [2.24, 2.45) is 0 Å². The highest BCUT2D eigenvalue weighted by Crippen LogP contribution is 2.34. The Labute approximate surface area is 121 Å². The Balaban J connectivity index is 1.85. The molecule has 2 rings (SSSR count). The lowest BCUT2D eigenvalue weighted by Crippen LogP contribution is -2.45. The summed E-state index contributed by atoms with van der Waals surface area (Å²) in [4.78, 5) is 4.86. The van der Waals surface area contributed by atoms with E-state index in [1.165, 1.54) is 0 Å². The Morgan fingerprint density at radius 3 is 2.50 bits per heavy atom. The van der Waals surface area contributed by atoms with Crippen molar-refractivity contribution in [2.45, 2.75) is 0 Å². The van der Waals surface area contributed by atoms with Crippen LogP contribution in [0.15, 0.2) is 18.2 Å². The van der Waals surface area contributed by atoms with Gasteiger partial charge >= 0.3 is 0 Å². The molecule has 0 aliphatic carbocycles. The number of nitrogens with zero attached hydrogens (tertiary/aromatic N) is 2. The predicted octanol–water partition coefficient (Wildman–Crippen LogP) is 1.36. The van der Waals surface area contributed by atoms with Gasteiger partial charge in [0.05, 0.1) is 19.9 Å². The van der Waals surface area contributed by atoms with Crippen LogP contribution >= 0.6 is 0 Å². The highest BCUT2D eigenvalue weighted by atomic mass is 16.5. The number of ether oxygens (including phenoxy) is 2. The second-order valence-electron chi connectivity index (χ2n) is 5.11. The van der Waals surface area contributed by atoms with Gasteiger partial charge in [-0.1, -0.05) is 6.07 Å². The van der Waals surface area contributed by atoms with Crippen molar-refractivity contribution in [3.63, 3.8) is 0 Å². The van der Waals surface area contributed by atoms with Gasteiger partial charge in [0.1, 0.15) is 0 Å². The zero-order valence-corrected chi connectivity index (χ0v) is 12.7. The largest absolute Gasteiger partial charge is 0.493 e. The van der Waals surface area contributed by atoms with E-state index in [1.54, 1.807) is 14.2 Å². The second-order valence-corrected chi connectivity index (χ2v) is 5.11. The number of benzene rings is 1. The fourth-order valence-corrected chi connectivity index (χ4v) is 2.45. The van der Waals surface area contributed by atoms with E-state index >= 15 is 0 Å². The second kappa shape index (κ2) is 7.36. The highest BCUT2D eigenvalue weighted by molar-refractivity contribution is 5.63. The van der Waals surface area contributed by atoms with Crippen LogP contribution in [0.3, 0.4) is 0 Å². The van der Waals surface area contributed by atoms with E-state index in [1.807, 2.05) is 18.2 Å². The smallest absolute Gasteiger partial charge is 0.183 e. The lowest BCUT2D eigenvalue weighted by atomic mass is 10.2. The van der Waals surface area contributed by atoms with Gasteiger partial charge in [0, 0.05) is 39.3 Å². The third kappa shape index (κ3) is 3.77. The lowest BCUT2D eigenvalue weighted by molar-refractivity contribution is 0.158. The first-order chi connectivity index (χ1) is 9.74. The summed E-state index contributed by atoms with van der Waals surface area (Å²) in [5, 5.41) is 3.44. The predicted molar refractivity (Wildman–Crippen MR) is 82.0 cm³/mol. The van der Waals surface area contributed by atoms with Gasteiger partial charge in [-0.3, -0.25) is 4.90 Å². The average molecular weight is 279 g/mol. The van der Waals surface area contributed by atoms with Gasteiger partial charge in [0.25, 0.3) is 0 Å². The minimum absolute atomic E-state index is 0.761. The number of anilines is 1. The topological polar surface area (TPSA) is 37.0 Å². The molecule has 1 saturated heterocycles. The molecule has 112 valence electrons. The Bertz CT molecular complexity index is 418. The number of hydrogen-bond acceptors (Lipinski definition) is 5. The summed E-state index contributed by atoms with van der Waals surface area (Å²) in [5.74, 6) is 1.53. The summed E-state index contributed by atoms with van der Waals surface area (Å²) in [7, 11) is 5.51. The molecule has 1 aliphatic rings. The quantitative estimate of drug-likeness (QED) is 0.851. The molecule has 1 aliphatic heterocycles. The molecular weight excluding hydrogens is 254 g/mol. The number of rotatable bonds is 6. The van der Waals surface area contributed by atoms with Crippen molar-refractivity contribution in [3.8, 4) is 11.5 Å². The molecule has 5 heteroatoms. The first-order valence-corrected chi connectivity index (χ1v) is 7.10. The fraction of sp³-hybridized carbons (Fsp3) is 0.600. The number of likely N-dealkylation sites (N-methyl/N-ethyl adjacent to an activating group) is 1. The molecule has 0 saturated carbocycles. The lowest BCUT2D eigenvalue weighted by Gasteiger charge is -2.32. The molecule has 0 atom stereocenters. The first kappa shape index (κ1) is 14.9. The maximum Gasteiger partial charge on any atom is 0.183 e. The molecule has 0 radical (unpaired) electrons. The minimum Gasteiger partial charge on any atom is -0.493 e. The van der Waals surface area contributed by atoms with Crippen LogP contribution in [0, 0.1) is 0 Å². The number of piperazine rings is 1. The zero-order chi connectivity index (χ0) is 14.4. The van der Waals surface area contributed by atoms with E-state index in [0.717, 1.165) is 56.5 Å². The molecule has 0 unspecified atom stereocenters. The number of para-hydroxylation sites is 1. The Morgan fingerprint density at radius 1 is 1.10 bits per heavy atom. The zero-order valence-electron chi connectivity index (χ0n) is 12.7. The van der Waals surface area contributed by atoms with Crippen molar-refractivity contribution in [3.05, 3.63) is 18.2 Å². The maximum atomic E-state index is 5.42. The fourth-order valence-electron chi connectivity index (χ4n) is 2.45. The van der Waals surface area contributed by atoms with Crippen molar-refractivity contribution in [1.29, 1.82) is 0 Å². The summed E-state index contributed by atoms with van der Waals surface area (Å²) in [6.45, 7) is 6.56. The molecule has 0 aromatic heterocycles. The van der Waals surface area contributed by atoms with E-state index < -0.39 is 0 Å². The molecular formula is C15H25N3O2. The van der Waals surface area contributed by atoms with Crippen LogP contribution < -0.4 is 14.8 Å². The average Bonchev–Trinajstić information content (AvgIpc) is 2.49. The van der Waals surface area contributed by atoms with E-state index in [4.69, 9.17) is 9.47 Å². The van der Waals surface area contributed by atoms with Gasteiger partial charge in [-0.05, 0) is 19.2 Å². The van der Waals surface area contributed by atoms with Crippen LogP contribution in [0.5, 0.6) is 11.5 Å². The van der Waals surface area contributed by atoms with E-state index in [9.17, 15) is 0 Å². The summed E-state index contributed by atoms with van der Waals surface area (Å²) < 4.78 is 10.7. The maximum absolute atomic E-state index is 5.42. The normalized spacial score (nSPS) is 16.9. The molecule has 0 amide bonds. The first-order valence-electron chi connectivity index (χ1n) is 7.10. The van der Waals surface area contributed by atoms with Crippen LogP contribution in [-0.4, -0.2) is 70.3 Å². The van der Waals surface area contributed by atoms with Crippen LogP contribution in [0.25, 0.3) is 0 Å². The van der Waals surface area contributed by atoms with Crippen molar-refractivity contribution >= 4 is 5.69 Å². The molecule has 1 aromatic carbocycles. The van der Waals surface area contributed by atoms with Crippen LogP contribution in [0.4, 0.5) is 5.69 Å². The van der Waals surface area contributed by atoms with Crippen molar-refractivity contribution in [2.75, 3.05) is 65.9 Å². The summed E-state index contributed by atoms with van der Waals surface area (Å²) in [6, 6.07) is 5.90. The Hall–Kier alpha value is -1.46. The molecule has 20 heavy (non-hydrogen) atoms. The minimum atomic E-state index is 0.761. The Kier molecular flexibility index (Phi) is 5.49. The van der Waals surface area contributed by atoms with Crippen molar-refractivity contribution < 1.29 is 9.47 Å². The Morgan fingerprint density at radius 2 is 1.85 bits per heavy atom. The number of hydrogen-bond donors (Lipinski definition) is 1. The molecule has 5 nitrogen and oxygen atoms in total. The van der Waals surface area contributed by atoms with Crippen LogP contribution in [0.2, 0.25) is 0 Å². The molecule has 1 heterocycles. The number of nitrogens with one attached hydrogen (secondary N) is 1. The summed E-state index contributed by atoms with van der Waals surface area (Å²) in [5.41, 5.74) is 0.987. The van der Waals surface area contributed by atoms with Gasteiger partial charge in [-0.25, -0.2) is 0 Å². The standard InChI is InChI=1S/C15H25N3O2/c1-17-9-11-18(12-10-17)8-7-16-13-5-4-6-14(19-2)15(13)20-3/h4-6,16H,7-12H2,1-3H3. The monoisotopic (exact) mass is 279 g/mol. The molecule has 1 fully saturated rings. The molecule has 1 N–H and O–H groups in total. The highest BCUT2D eigenvalue weighted by Gasteiger charge is 2.13. The van der Waals surface area contributed by atoms with Gasteiger partial charge in [-0.2, -0.15) is 0 Å². The molecule has 0 bridgehead atoms. The van der Waals surface area contributed by atoms with Gasteiger partial charge in [0.15, 0.2) is 11.5 Å². The summed E-state index contributed by atoms with van der Waals surface area (Å²) >= 11 is 0.